The molecule has 0 unspecified atom stereocenters. The lowest BCUT2D eigenvalue weighted by molar-refractivity contribution is -0.136. The molecule has 0 spiro atoms. The van der Waals surface area contributed by atoms with E-state index >= 15 is 0 Å². The van der Waals surface area contributed by atoms with Crippen LogP contribution in [-0.2, 0) is 9.53 Å². The monoisotopic (exact) mass is 492 g/mol. The number of aromatic nitrogens is 3. The van der Waals surface area contributed by atoms with Crippen molar-refractivity contribution in [2.45, 2.75) is 20.8 Å². The van der Waals surface area contributed by atoms with Gasteiger partial charge < -0.3 is 10.1 Å². The van der Waals surface area contributed by atoms with E-state index in [0.29, 0.717) is 18.1 Å². The van der Waals surface area contributed by atoms with Gasteiger partial charge in [-0.05, 0) is 73.4 Å². The van der Waals surface area contributed by atoms with E-state index in [-0.39, 0.29) is 5.97 Å². The summed E-state index contributed by atoms with van der Waals surface area (Å²) >= 11 is 1.60. The number of hydrogen-bond donors (Lipinski definition) is 1. The average Bonchev–Trinajstić information content (AvgIpc) is 3.33. The Kier molecular flexibility index (Phi) is 6.58. The summed E-state index contributed by atoms with van der Waals surface area (Å²) in [5.74, 6) is 0.205. The fourth-order valence-corrected chi connectivity index (χ4v) is 4.86. The molecule has 0 atom stereocenters. The lowest BCUT2D eigenvalue weighted by Gasteiger charge is -2.14. The van der Waals surface area contributed by atoms with Crippen LogP contribution in [0, 0.1) is 13.8 Å². The average molecular weight is 493 g/mol. The molecular weight excluding hydrogens is 468 g/mol. The molecule has 0 radical (unpaired) electrons. The second kappa shape index (κ2) is 10.1. The molecule has 0 amide bonds. The number of anilines is 2. The highest BCUT2D eigenvalue weighted by molar-refractivity contribution is 7.16. The number of esters is 1. The van der Waals surface area contributed by atoms with E-state index in [1.165, 1.54) is 0 Å². The fourth-order valence-electron chi connectivity index (χ4n) is 4.01. The molecule has 1 aliphatic rings. The van der Waals surface area contributed by atoms with Gasteiger partial charge in [0.25, 0.3) is 0 Å². The van der Waals surface area contributed by atoms with Gasteiger partial charge in [-0.25, -0.2) is 19.7 Å². The number of fused-ring (bicyclic) bond motifs is 1. The predicted octanol–water partition coefficient (Wildman–Crippen LogP) is 6.62. The van der Waals surface area contributed by atoms with Gasteiger partial charge in [0, 0.05) is 29.3 Å². The molecule has 2 aromatic carbocycles. The topological polar surface area (TPSA) is 77.0 Å². The van der Waals surface area contributed by atoms with Gasteiger partial charge >= 0.3 is 5.97 Å². The van der Waals surface area contributed by atoms with Crippen LogP contribution in [0.3, 0.4) is 0 Å². The normalized spacial score (nSPS) is 13.3. The van der Waals surface area contributed by atoms with Gasteiger partial charge in [0.2, 0.25) is 5.95 Å². The Labute approximate surface area is 213 Å². The van der Waals surface area contributed by atoms with Crippen molar-refractivity contribution in [1.29, 1.82) is 0 Å². The van der Waals surface area contributed by atoms with Crippen molar-refractivity contribution >= 4 is 46.2 Å². The number of aryl methyl sites for hydroxylation is 2. The summed E-state index contributed by atoms with van der Waals surface area (Å²) in [4.78, 5) is 26.8. The van der Waals surface area contributed by atoms with Gasteiger partial charge in [-0.3, -0.25) is 0 Å². The Bertz CT molecular complexity index is 1560. The van der Waals surface area contributed by atoms with Crippen molar-refractivity contribution in [2.75, 3.05) is 11.9 Å². The highest BCUT2D eigenvalue weighted by atomic mass is 32.1. The molecule has 0 aliphatic heterocycles. The molecule has 0 saturated heterocycles. The van der Waals surface area contributed by atoms with E-state index in [9.17, 15) is 4.79 Å². The number of thiazole rings is 1. The van der Waals surface area contributed by atoms with Crippen LogP contribution in [0.1, 0.15) is 34.3 Å². The Morgan fingerprint density at radius 3 is 2.75 bits per heavy atom. The molecule has 1 N–H and O–H groups in total. The number of benzene rings is 2. The first kappa shape index (κ1) is 23.4. The predicted molar refractivity (Wildman–Crippen MR) is 145 cm³/mol. The molecule has 0 fully saturated rings. The summed E-state index contributed by atoms with van der Waals surface area (Å²) in [7, 11) is 0. The van der Waals surface area contributed by atoms with Gasteiger partial charge in [-0.1, -0.05) is 30.3 Å². The summed E-state index contributed by atoms with van der Waals surface area (Å²) in [6.45, 7) is 6.12. The minimum Gasteiger partial charge on any atom is -0.462 e. The summed E-state index contributed by atoms with van der Waals surface area (Å²) in [6, 6.07) is 15.9. The van der Waals surface area contributed by atoms with E-state index in [1.807, 2.05) is 55.6 Å². The minimum atomic E-state index is -0.364. The van der Waals surface area contributed by atoms with Crippen LogP contribution in [0.4, 0.5) is 11.6 Å². The largest absolute Gasteiger partial charge is 0.462 e. The number of rotatable bonds is 6. The molecule has 0 saturated carbocycles. The van der Waals surface area contributed by atoms with Gasteiger partial charge in [0.1, 0.15) is 10.6 Å². The molecule has 178 valence electrons. The summed E-state index contributed by atoms with van der Waals surface area (Å²) < 4.78 is 5.21. The van der Waals surface area contributed by atoms with Gasteiger partial charge in [0.05, 0.1) is 11.5 Å². The van der Waals surface area contributed by atoms with Crippen molar-refractivity contribution in [3.63, 3.8) is 0 Å². The molecule has 4 aromatic rings. The molecule has 6 nitrogen and oxygen atoms in total. The van der Waals surface area contributed by atoms with E-state index in [2.05, 4.69) is 51.1 Å². The van der Waals surface area contributed by atoms with Crippen LogP contribution in [0.25, 0.3) is 27.7 Å². The Hall–Kier alpha value is -4.32. The van der Waals surface area contributed by atoms with Gasteiger partial charge in [-0.15, -0.1) is 17.1 Å². The molecule has 1 aliphatic carbocycles. The van der Waals surface area contributed by atoms with Crippen molar-refractivity contribution in [3.05, 3.63) is 100 Å². The number of ether oxygens (including phenoxy) is 1. The zero-order valence-corrected chi connectivity index (χ0v) is 21.0. The van der Waals surface area contributed by atoms with E-state index in [1.54, 1.807) is 24.5 Å². The third-order valence-corrected chi connectivity index (χ3v) is 6.57. The van der Waals surface area contributed by atoms with Crippen LogP contribution >= 0.6 is 11.3 Å². The Morgan fingerprint density at radius 2 is 1.94 bits per heavy atom. The van der Waals surface area contributed by atoms with Crippen molar-refractivity contribution < 1.29 is 9.53 Å². The van der Waals surface area contributed by atoms with E-state index in [0.717, 1.165) is 49.1 Å². The molecule has 0 bridgehead atoms. The maximum Gasteiger partial charge on any atom is 0.346 e. The van der Waals surface area contributed by atoms with Gasteiger partial charge in [-0.2, -0.15) is 0 Å². The molecular formula is C29H24N4O2S. The number of carbonyl (C=O) groups excluding carboxylic acids is 1. The van der Waals surface area contributed by atoms with Gasteiger partial charge in [0.15, 0.2) is 0 Å². The maximum atomic E-state index is 12.4. The van der Waals surface area contributed by atoms with Crippen LogP contribution in [0.15, 0.2) is 72.7 Å². The Morgan fingerprint density at radius 1 is 1.11 bits per heavy atom. The SMILES string of the molecule is CCOC(=O)C1=C=CC(=Cc2ncc(-c3cc(C)cc(Nc4nccc(C)n4)c3)s2)c2ccccc21. The van der Waals surface area contributed by atoms with Crippen LogP contribution in [0.5, 0.6) is 0 Å². The number of nitrogens with zero attached hydrogens (tertiary/aromatic N) is 3. The maximum absolute atomic E-state index is 12.4. The van der Waals surface area contributed by atoms with Crippen molar-refractivity contribution in [2.24, 2.45) is 0 Å². The summed E-state index contributed by atoms with van der Waals surface area (Å²) in [6.07, 6.45) is 7.48. The number of allylic oxidation sites excluding steroid dienone is 1. The van der Waals surface area contributed by atoms with Crippen molar-refractivity contribution in [3.8, 4) is 10.4 Å². The highest BCUT2D eigenvalue weighted by Crippen LogP contribution is 2.35. The zero-order valence-electron chi connectivity index (χ0n) is 20.2. The molecule has 5 rings (SSSR count). The quantitative estimate of drug-likeness (QED) is 0.241. The first-order valence-corrected chi connectivity index (χ1v) is 12.4. The second-order valence-corrected chi connectivity index (χ2v) is 9.39. The number of hydrogen-bond acceptors (Lipinski definition) is 7. The van der Waals surface area contributed by atoms with Crippen LogP contribution in [-0.4, -0.2) is 27.5 Å². The van der Waals surface area contributed by atoms with Crippen LogP contribution < -0.4 is 5.32 Å². The first-order valence-electron chi connectivity index (χ1n) is 11.6. The molecule has 2 heterocycles. The van der Waals surface area contributed by atoms with E-state index < -0.39 is 0 Å². The minimum absolute atomic E-state index is 0.324. The second-order valence-electron chi connectivity index (χ2n) is 8.33. The lowest BCUT2D eigenvalue weighted by atomic mass is 9.91. The molecule has 36 heavy (non-hydrogen) atoms. The van der Waals surface area contributed by atoms with E-state index in [4.69, 9.17) is 4.74 Å². The van der Waals surface area contributed by atoms with Crippen LogP contribution in [0.2, 0.25) is 0 Å². The zero-order chi connectivity index (χ0) is 25.1. The summed E-state index contributed by atoms with van der Waals surface area (Å²) in [5, 5.41) is 4.16. The lowest BCUT2D eigenvalue weighted by Crippen LogP contribution is -2.09. The Balaban J connectivity index is 1.46. The molecule has 7 heteroatoms. The smallest absolute Gasteiger partial charge is 0.346 e. The third kappa shape index (κ3) is 5.03. The summed E-state index contributed by atoms with van der Waals surface area (Å²) in [5.41, 5.74) is 10.3. The molecule has 2 aromatic heterocycles. The number of carbonyl (C=O) groups is 1. The highest BCUT2D eigenvalue weighted by Gasteiger charge is 2.20. The first-order chi connectivity index (χ1) is 17.5. The standard InChI is InChI=1S/C29H24N4O2S/c1-4-35-28(34)25-10-9-20(23-7-5-6-8-24(23)25)16-27-31-17-26(36-27)21-13-18(2)14-22(15-21)33-29-30-12-11-19(3)32-29/h5-9,11-17H,4H2,1-3H3,(H,30,32,33). The fraction of sp³-hybridized carbons (Fsp3) is 0.138. The van der Waals surface area contributed by atoms with Crippen molar-refractivity contribution in [1.82, 2.24) is 15.0 Å². The number of nitrogens with one attached hydrogen (secondary N) is 1. The third-order valence-electron chi connectivity index (χ3n) is 5.57.